The molecule has 1 fully saturated rings. The number of amides is 2. The van der Waals surface area contributed by atoms with Crippen molar-refractivity contribution in [2.45, 2.75) is 4.90 Å². The van der Waals surface area contributed by atoms with Gasteiger partial charge in [0.1, 0.15) is 6.54 Å². The smallest absolute Gasteiger partial charge is 0.265 e. The Morgan fingerprint density at radius 1 is 0.912 bits per heavy atom. The normalized spacial score (nSPS) is 17.1. The van der Waals surface area contributed by atoms with Gasteiger partial charge in [-0.1, -0.05) is 71.9 Å². The number of fused-ring (bicyclic) bond motifs is 1. The Hall–Kier alpha value is -3.22. The van der Waals surface area contributed by atoms with Gasteiger partial charge in [0.05, 0.1) is 10.6 Å². The number of benzene rings is 3. The van der Waals surface area contributed by atoms with Gasteiger partial charge >= 0.3 is 0 Å². The van der Waals surface area contributed by atoms with Gasteiger partial charge in [0.2, 0.25) is 5.91 Å². The molecule has 0 unspecified atom stereocenters. The molecule has 1 saturated heterocycles. The van der Waals surface area contributed by atoms with Gasteiger partial charge in [0.15, 0.2) is 0 Å². The average molecular weight is 490 g/mol. The third kappa shape index (κ3) is 4.83. The first kappa shape index (κ1) is 22.6. The topological polar surface area (TPSA) is 43.9 Å². The lowest BCUT2D eigenvalue weighted by Crippen LogP contribution is -2.52. The van der Waals surface area contributed by atoms with Crippen LogP contribution in [-0.2, 0) is 9.59 Å². The van der Waals surface area contributed by atoms with Crippen LogP contribution in [0.25, 0.3) is 6.08 Å². The fourth-order valence-corrected chi connectivity index (χ4v) is 5.49. The molecule has 0 aromatic heterocycles. The van der Waals surface area contributed by atoms with Crippen molar-refractivity contribution in [1.82, 2.24) is 4.90 Å². The third-order valence-electron chi connectivity index (χ3n) is 6.03. The molecule has 3 aromatic rings. The van der Waals surface area contributed by atoms with E-state index in [4.69, 9.17) is 11.6 Å². The van der Waals surface area contributed by atoms with Gasteiger partial charge < -0.3 is 9.80 Å². The third-order valence-corrected chi connectivity index (χ3v) is 7.34. The van der Waals surface area contributed by atoms with Crippen molar-refractivity contribution in [2.75, 3.05) is 42.5 Å². The van der Waals surface area contributed by atoms with Crippen LogP contribution in [0.15, 0.2) is 88.7 Å². The number of rotatable bonds is 4. The summed E-state index contributed by atoms with van der Waals surface area (Å²) >= 11 is 7.59. The van der Waals surface area contributed by atoms with E-state index < -0.39 is 0 Å². The molecule has 2 amide bonds. The van der Waals surface area contributed by atoms with Crippen LogP contribution in [-0.4, -0.2) is 49.4 Å². The van der Waals surface area contributed by atoms with Crippen LogP contribution in [0.3, 0.4) is 0 Å². The molecule has 3 aromatic carbocycles. The molecular weight excluding hydrogens is 466 g/mol. The van der Waals surface area contributed by atoms with Gasteiger partial charge in [-0.15, -0.1) is 0 Å². The Kier molecular flexibility index (Phi) is 6.61. The number of nitrogens with zero attached hydrogens (tertiary/aromatic N) is 3. The summed E-state index contributed by atoms with van der Waals surface area (Å²) < 4.78 is 0. The van der Waals surface area contributed by atoms with E-state index in [1.807, 2.05) is 89.8 Å². The van der Waals surface area contributed by atoms with E-state index in [2.05, 4.69) is 4.90 Å². The highest BCUT2D eigenvalue weighted by Crippen LogP contribution is 2.42. The summed E-state index contributed by atoms with van der Waals surface area (Å²) in [6.45, 7) is 2.70. The predicted octanol–water partition coefficient (Wildman–Crippen LogP) is 5.17. The summed E-state index contributed by atoms with van der Waals surface area (Å²) in [5.41, 5.74) is 2.81. The van der Waals surface area contributed by atoms with Crippen LogP contribution in [0.2, 0.25) is 5.02 Å². The number of hydrogen-bond acceptors (Lipinski definition) is 4. The summed E-state index contributed by atoms with van der Waals surface area (Å²) in [4.78, 5) is 34.0. The lowest BCUT2D eigenvalue weighted by Gasteiger charge is -2.37. The number of anilines is 2. The van der Waals surface area contributed by atoms with Gasteiger partial charge in [-0.3, -0.25) is 14.5 Å². The Bertz CT molecular complexity index is 1240. The highest BCUT2D eigenvalue weighted by Gasteiger charge is 2.32. The molecule has 172 valence electrons. The fourth-order valence-electron chi connectivity index (χ4n) is 4.24. The van der Waals surface area contributed by atoms with Crippen molar-refractivity contribution in [1.29, 1.82) is 0 Å². The Morgan fingerprint density at radius 3 is 2.41 bits per heavy atom. The van der Waals surface area contributed by atoms with E-state index >= 15 is 0 Å². The molecule has 5 nitrogen and oxygen atoms in total. The molecule has 2 aliphatic rings. The second kappa shape index (κ2) is 9.95. The summed E-state index contributed by atoms with van der Waals surface area (Å²) in [7, 11) is 0. The Balaban J connectivity index is 1.31. The predicted molar refractivity (Wildman–Crippen MR) is 139 cm³/mol. The Morgan fingerprint density at radius 2 is 1.65 bits per heavy atom. The van der Waals surface area contributed by atoms with E-state index in [1.165, 1.54) is 11.8 Å². The number of para-hydroxylation sites is 1. The lowest BCUT2D eigenvalue weighted by atomic mass is 10.2. The molecule has 7 heteroatoms. The van der Waals surface area contributed by atoms with Crippen molar-refractivity contribution in [2.24, 2.45) is 0 Å². The number of hydrogen-bond donors (Lipinski definition) is 0. The van der Waals surface area contributed by atoms with Crippen molar-refractivity contribution in [3.8, 4) is 0 Å². The average Bonchev–Trinajstić information content (AvgIpc) is 2.87. The van der Waals surface area contributed by atoms with Gasteiger partial charge in [0.25, 0.3) is 5.91 Å². The van der Waals surface area contributed by atoms with Crippen molar-refractivity contribution >= 4 is 52.6 Å². The highest BCUT2D eigenvalue weighted by atomic mass is 35.5. The number of piperazine rings is 1. The number of carbonyl (C=O) groups excluding carboxylic acids is 2. The molecule has 0 radical (unpaired) electrons. The van der Waals surface area contributed by atoms with E-state index in [1.54, 1.807) is 4.90 Å². The molecule has 5 rings (SSSR count). The zero-order valence-corrected chi connectivity index (χ0v) is 20.1. The zero-order valence-electron chi connectivity index (χ0n) is 18.6. The maximum absolute atomic E-state index is 13.4. The summed E-state index contributed by atoms with van der Waals surface area (Å²) in [5.74, 6) is -0.182. The first-order valence-electron chi connectivity index (χ1n) is 11.2. The summed E-state index contributed by atoms with van der Waals surface area (Å²) in [5, 5.41) is 0.704. The minimum atomic E-state index is -0.140. The maximum Gasteiger partial charge on any atom is 0.265 e. The molecule has 2 aliphatic heterocycles. The van der Waals surface area contributed by atoms with Crippen LogP contribution in [0.4, 0.5) is 11.4 Å². The molecule has 0 aliphatic carbocycles. The van der Waals surface area contributed by atoms with E-state index in [-0.39, 0.29) is 18.4 Å². The second-order valence-corrected chi connectivity index (χ2v) is 9.75. The van der Waals surface area contributed by atoms with Gasteiger partial charge in [-0.05, 0) is 42.0 Å². The van der Waals surface area contributed by atoms with E-state index in [9.17, 15) is 9.59 Å². The molecule has 2 heterocycles. The molecule has 0 saturated carbocycles. The zero-order chi connectivity index (χ0) is 23.5. The number of carbonyl (C=O) groups is 2. The monoisotopic (exact) mass is 489 g/mol. The van der Waals surface area contributed by atoms with Gasteiger partial charge in [-0.25, -0.2) is 0 Å². The van der Waals surface area contributed by atoms with E-state index in [0.29, 0.717) is 23.0 Å². The van der Waals surface area contributed by atoms with Crippen LogP contribution in [0.5, 0.6) is 0 Å². The minimum Gasteiger partial charge on any atom is -0.368 e. The standard InChI is InChI=1S/C27H24ClN3O2S/c28-21-9-6-10-22(18-21)29-13-15-30(16-14-29)26(32)19-31-23-11-4-5-12-24(23)34-25(27(31)33)17-20-7-2-1-3-8-20/h1-12,17-18H,13-16,19H2/b25-17-. The molecule has 34 heavy (non-hydrogen) atoms. The first-order valence-corrected chi connectivity index (χ1v) is 12.4. The molecule has 0 spiro atoms. The second-order valence-electron chi connectivity index (χ2n) is 8.23. The Labute approximate surface area is 208 Å². The van der Waals surface area contributed by atoms with Crippen molar-refractivity contribution in [3.63, 3.8) is 0 Å². The molecular formula is C27H24ClN3O2S. The molecule has 0 atom stereocenters. The lowest BCUT2D eigenvalue weighted by molar-refractivity contribution is -0.131. The molecule has 0 bridgehead atoms. The number of halogens is 1. The van der Waals surface area contributed by atoms with Crippen LogP contribution in [0.1, 0.15) is 5.56 Å². The summed E-state index contributed by atoms with van der Waals surface area (Å²) in [6, 6.07) is 25.3. The molecule has 0 N–H and O–H groups in total. The van der Waals surface area contributed by atoms with E-state index in [0.717, 1.165) is 34.9 Å². The van der Waals surface area contributed by atoms with Gasteiger partial charge in [0, 0.05) is 41.8 Å². The summed E-state index contributed by atoms with van der Waals surface area (Å²) in [6.07, 6.45) is 1.89. The number of thioether (sulfide) groups is 1. The quantitative estimate of drug-likeness (QED) is 0.474. The first-order chi connectivity index (χ1) is 16.6. The largest absolute Gasteiger partial charge is 0.368 e. The highest BCUT2D eigenvalue weighted by molar-refractivity contribution is 8.04. The minimum absolute atomic E-state index is 0.0275. The van der Waals surface area contributed by atoms with Gasteiger partial charge in [-0.2, -0.15) is 0 Å². The van der Waals surface area contributed by atoms with Crippen LogP contribution < -0.4 is 9.80 Å². The maximum atomic E-state index is 13.4. The fraction of sp³-hybridized carbons (Fsp3) is 0.185. The SMILES string of the molecule is O=C(CN1C(=O)/C(=C/c2ccccc2)Sc2ccccc21)N1CCN(c2cccc(Cl)c2)CC1. The van der Waals surface area contributed by atoms with Crippen molar-refractivity contribution in [3.05, 3.63) is 94.4 Å². The van der Waals surface area contributed by atoms with Crippen LogP contribution in [0, 0.1) is 0 Å². The van der Waals surface area contributed by atoms with Crippen LogP contribution >= 0.6 is 23.4 Å². The van der Waals surface area contributed by atoms with Crippen molar-refractivity contribution < 1.29 is 9.59 Å².